The highest BCUT2D eigenvalue weighted by Gasteiger charge is 2.23. The van der Waals surface area contributed by atoms with Gasteiger partial charge in [0, 0.05) is 36.3 Å². The Labute approximate surface area is 306 Å². The Morgan fingerprint density at radius 3 is 2.31 bits per heavy atom. The second kappa shape index (κ2) is 11.9. The summed E-state index contributed by atoms with van der Waals surface area (Å²) in [6, 6.07) is 35.7. The third kappa shape index (κ3) is 4.64. The summed E-state index contributed by atoms with van der Waals surface area (Å²) in [5.41, 5.74) is 13.8. The van der Waals surface area contributed by atoms with Crippen LogP contribution in [0.25, 0.3) is 81.6 Å². The van der Waals surface area contributed by atoms with Gasteiger partial charge in [-0.2, -0.15) is 0 Å². The van der Waals surface area contributed by atoms with Crippen LogP contribution in [-0.2, 0) is 6.42 Å². The lowest BCUT2D eigenvalue weighted by atomic mass is 9.88. The molecule has 0 saturated carbocycles. The maximum atomic E-state index is 5.48. The molecule has 0 unspecified atom stereocenters. The number of allylic oxidation sites excluding steroid dienone is 9. The van der Waals surface area contributed by atoms with Gasteiger partial charge in [-0.25, -0.2) is 9.97 Å². The van der Waals surface area contributed by atoms with Crippen LogP contribution in [0.2, 0.25) is 0 Å². The van der Waals surface area contributed by atoms with Gasteiger partial charge in [0.2, 0.25) is 5.95 Å². The summed E-state index contributed by atoms with van der Waals surface area (Å²) < 4.78 is 5.00. The highest BCUT2D eigenvalue weighted by molar-refractivity contribution is 7.26. The molecule has 0 atom stereocenters. The normalized spacial score (nSPS) is 15.8. The van der Waals surface area contributed by atoms with Crippen LogP contribution in [0.15, 0.2) is 145 Å². The summed E-state index contributed by atoms with van der Waals surface area (Å²) in [7, 11) is 0. The van der Waals surface area contributed by atoms with Crippen molar-refractivity contribution in [3.63, 3.8) is 0 Å². The topological polar surface area (TPSA) is 30.7 Å². The Balaban J connectivity index is 1.14. The minimum absolute atomic E-state index is 0.732. The number of benzene rings is 5. The van der Waals surface area contributed by atoms with E-state index in [1.807, 2.05) is 11.3 Å². The first-order chi connectivity index (χ1) is 25.8. The predicted octanol–water partition coefficient (Wildman–Crippen LogP) is 13.1. The Morgan fingerprint density at radius 2 is 1.40 bits per heavy atom. The van der Waals surface area contributed by atoms with E-state index in [1.54, 1.807) is 0 Å². The third-order valence-electron chi connectivity index (χ3n) is 11.3. The number of aryl methyl sites for hydroxylation is 1. The molecule has 248 valence electrons. The van der Waals surface area contributed by atoms with E-state index in [4.69, 9.17) is 9.97 Å². The van der Waals surface area contributed by atoms with Crippen molar-refractivity contribution < 1.29 is 0 Å². The molecule has 0 bridgehead atoms. The molecule has 3 aromatic heterocycles. The van der Waals surface area contributed by atoms with Crippen LogP contribution in [0.3, 0.4) is 0 Å². The SMILES string of the molecule is C1=CCCC(C2=CC=C(c3nc(-n4c5ccc(-c6cccc7c6sc6ccccc67)cc5c5c6c(ccc54)C=CCC6)nc4ccccc34)CC2)=C1. The number of aromatic nitrogens is 3. The van der Waals surface area contributed by atoms with Crippen LogP contribution >= 0.6 is 11.3 Å². The van der Waals surface area contributed by atoms with E-state index in [-0.39, 0.29) is 0 Å². The molecule has 11 rings (SSSR count). The monoisotopic (exact) mass is 685 g/mol. The summed E-state index contributed by atoms with van der Waals surface area (Å²) >= 11 is 1.89. The van der Waals surface area contributed by atoms with Crippen molar-refractivity contribution in [1.82, 2.24) is 14.5 Å². The molecule has 0 amide bonds. The Bertz CT molecular complexity index is 2960. The number of para-hydroxylation sites is 1. The van der Waals surface area contributed by atoms with Crippen LogP contribution in [0.1, 0.15) is 48.9 Å². The van der Waals surface area contributed by atoms with Crippen LogP contribution in [0, 0.1) is 0 Å². The van der Waals surface area contributed by atoms with E-state index in [2.05, 4.69) is 144 Å². The Morgan fingerprint density at radius 1 is 0.596 bits per heavy atom. The molecule has 3 aliphatic rings. The highest BCUT2D eigenvalue weighted by Crippen LogP contribution is 2.44. The first kappa shape index (κ1) is 29.8. The summed E-state index contributed by atoms with van der Waals surface area (Å²) in [6.45, 7) is 0. The van der Waals surface area contributed by atoms with Gasteiger partial charge in [-0.15, -0.1) is 11.3 Å². The fourth-order valence-electron chi connectivity index (χ4n) is 8.80. The molecule has 3 heterocycles. The van der Waals surface area contributed by atoms with Crippen molar-refractivity contribution in [3.8, 4) is 17.1 Å². The Hall–Kier alpha value is -5.84. The molecule has 4 heteroatoms. The summed E-state index contributed by atoms with van der Waals surface area (Å²) in [6.07, 6.45) is 22.3. The number of thiophene rings is 1. The van der Waals surface area contributed by atoms with Crippen molar-refractivity contribution in [2.75, 3.05) is 0 Å². The molecule has 0 fully saturated rings. The lowest BCUT2D eigenvalue weighted by Gasteiger charge is -2.19. The van der Waals surface area contributed by atoms with E-state index >= 15 is 0 Å². The molecule has 0 aliphatic heterocycles. The quantitative estimate of drug-likeness (QED) is 0.185. The van der Waals surface area contributed by atoms with Crippen LogP contribution in [0.5, 0.6) is 0 Å². The van der Waals surface area contributed by atoms with Gasteiger partial charge in [-0.3, -0.25) is 4.57 Å². The molecule has 0 saturated heterocycles. The van der Waals surface area contributed by atoms with Crippen molar-refractivity contribution in [1.29, 1.82) is 0 Å². The first-order valence-electron chi connectivity index (χ1n) is 18.5. The molecule has 0 spiro atoms. The number of hydrogen-bond acceptors (Lipinski definition) is 3. The zero-order valence-electron chi connectivity index (χ0n) is 28.8. The summed E-state index contributed by atoms with van der Waals surface area (Å²) in [5, 5.41) is 6.34. The fraction of sp³-hybridized carbons (Fsp3) is 0.125. The van der Waals surface area contributed by atoms with Gasteiger partial charge in [-0.05, 0) is 108 Å². The molecule has 0 N–H and O–H groups in total. The fourth-order valence-corrected chi connectivity index (χ4v) is 10.0. The second-order valence-electron chi connectivity index (χ2n) is 14.2. The number of hydrogen-bond donors (Lipinski definition) is 0. The summed E-state index contributed by atoms with van der Waals surface area (Å²) in [4.78, 5) is 10.8. The van der Waals surface area contributed by atoms with Gasteiger partial charge >= 0.3 is 0 Å². The standard InChI is InChI=1S/C48H35N3S/c1-2-11-30(12-3-1)31-21-23-33(24-22-31)46-39-16-6-8-19-41(39)49-48(50-46)51-42-27-26-34(29-40(42)45-35-14-5-4-13-32(35)25-28-43(45)51)36-17-10-18-38-37-15-7-9-20-44(37)52-47(36)38/h1-2,4,6-11,13,15-21,23,25-29H,3,5,12,14,22,24H2. The maximum absolute atomic E-state index is 5.48. The first-order valence-corrected chi connectivity index (χ1v) is 19.3. The lowest BCUT2D eigenvalue weighted by molar-refractivity contribution is 0.900. The molecule has 3 nitrogen and oxygen atoms in total. The molecule has 0 radical (unpaired) electrons. The average molecular weight is 686 g/mol. The largest absolute Gasteiger partial charge is 0.278 e. The van der Waals surface area contributed by atoms with Gasteiger partial charge in [0.15, 0.2) is 0 Å². The van der Waals surface area contributed by atoms with Gasteiger partial charge in [0.1, 0.15) is 0 Å². The predicted molar refractivity (Wildman–Crippen MR) is 221 cm³/mol. The lowest BCUT2D eigenvalue weighted by Crippen LogP contribution is -2.06. The van der Waals surface area contributed by atoms with E-state index < -0.39 is 0 Å². The van der Waals surface area contributed by atoms with Gasteiger partial charge in [0.05, 0.1) is 22.2 Å². The van der Waals surface area contributed by atoms with E-state index in [1.165, 1.54) is 75.4 Å². The zero-order chi connectivity index (χ0) is 34.2. The zero-order valence-corrected chi connectivity index (χ0v) is 29.6. The Kier molecular flexibility index (Phi) is 6.81. The van der Waals surface area contributed by atoms with E-state index in [9.17, 15) is 0 Å². The van der Waals surface area contributed by atoms with E-state index in [0.29, 0.717) is 0 Å². The van der Waals surface area contributed by atoms with Crippen LogP contribution in [0.4, 0.5) is 0 Å². The van der Waals surface area contributed by atoms with Crippen molar-refractivity contribution in [2.45, 2.75) is 38.5 Å². The minimum Gasteiger partial charge on any atom is -0.278 e. The van der Waals surface area contributed by atoms with Gasteiger partial charge < -0.3 is 0 Å². The van der Waals surface area contributed by atoms with E-state index in [0.717, 1.165) is 66.6 Å². The van der Waals surface area contributed by atoms with Crippen molar-refractivity contribution in [2.24, 2.45) is 0 Å². The van der Waals surface area contributed by atoms with Crippen molar-refractivity contribution in [3.05, 3.63) is 161 Å². The second-order valence-corrected chi connectivity index (χ2v) is 15.3. The van der Waals surface area contributed by atoms with Crippen LogP contribution in [-0.4, -0.2) is 14.5 Å². The van der Waals surface area contributed by atoms with Crippen LogP contribution < -0.4 is 0 Å². The highest BCUT2D eigenvalue weighted by atomic mass is 32.1. The van der Waals surface area contributed by atoms with Crippen molar-refractivity contribution >= 4 is 75.9 Å². The third-order valence-corrected chi connectivity index (χ3v) is 12.5. The molecular weight excluding hydrogens is 651 g/mol. The molecule has 8 aromatic rings. The number of nitrogens with zero attached hydrogens (tertiary/aromatic N) is 3. The van der Waals surface area contributed by atoms with Gasteiger partial charge in [0.25, 0.3) is 0 Å². The van der Waals surface area contributed by atoms with Gasteiger partial charge in [-0.1, -0.05) is 109 Å². The smallest absolute Gasteiger partial charge is 0.235 e. The number of rotatable bonds is 4. The average Bonchev–Trinajstić information content (AvgIpc) is 3.77. The summed E-state index contributed by atoms with van der Waals surface area (Å²) in [5.74, 6) is 0.732. The number of fused-ring (bicyclic) bond motifs is 9. The maximum Gasteiger partial charge on any atom is 0.235 e. The molecular formula is C48H35N3S. The minimum atomic E-state index is 0.732. The molecule has 5 aromatic carbocycles. The molecule has 52 heavy (non-hydrogen) atoms. The molecule has 3 aliphatic carbocycles.